The molecule has 1 unspecified atom stereocenters. The number of para-hydroxylation sites is 1. The van der Waals surface area contributed by atoms with E-state index in [1.807, 2.05) is 42.3 Å². The van der Waals surface area contributed by atoms with E-state index < -0.39 is 11.4 Å². The average molecular weight is 302 g/mol. The molecule has 0 saturated carbocycles. The largest absolute Gasteiger partial charge is 1.00 e. The molecular weight excluding hydrogens is 290 g/mol. The Labute approximate surface area is 159 Å². The van der Waals surface area contributed by atoms with Crippen LogP contribution in [0.25, 0.3) is 0 Å². The number of anilines is 1. The Morgan fingerprint density at radius 3 is 2.11 bits per heavy atom. The van der Waals surface area contributed by atoms with E-state index in [0.717, 1.165) is 12.2 Å². The van der Waals surface area contributed by atoms with Crippen molar-refractivity contribution in [2.45, 2.75) is 6.92 Å². The minimum Gasteiger partial charge on any atom is -0.784 e. The van der Waals surface area contributed by atoms with E-state index in [2.05, 4.69) is 5.43 Å². The Hall–Kier alpha value is 0.560. The molecule has 0 aromatic heterocycles. The van der Waals surface area contributed by atoms with Crippen LogP contribution < -0.4 is 69.5 Å². The van der Waals surface area contributed by atoms with Crippen LogP contribution in [0, 0.1) is 5.92 Å². The summed E-state index contributed by atoms with van der Waals surface area (Å²) in [5.74, 6) is 0.184. The monoisotopic (exact) mass is 302 g/mol. The Kier molecular flexibility index (Phi) is 12.9. The molecule has 1 aliphatic heterocycles. The normalized spacial score (nSPS) is 16.7. The zero-order chi connectivity index (χ0) is 12.8. The summed E-state index contributed by atoms with van der Waals surface area (Å²) in [6.45, 7) is 2.68. The van der Waals surface area contributed by atoms with E-state index in [4.69, 9.17) is 13.3 Å². The molecule has 9 heteroatoms. The molecule has 0 aliphatic carbocycles. The van der Waals surface area contributed by atoms with Gasteiger partial charge in [0.1, 0.15) is 0 Å². The Morgan fingerprint density at radius 2 is 1.74 bits per heavy atom. The quantitative estimate of drug-likeness (QED) is 0.412. The molecule has 1 aromatic rings. The number of nitrogens with zero attached hydrogens (tertiary/aromatic N) is 1. The molecule has 1 heterocycles. The Balaban J connectivity index is 0. The number of benzene rings is 1. The summed E-state index contributed by atoms with van der Waals surface area (Å²) in [7, 11) is 0. The topological polar surface area (TPSA) is 95.5 Å². The van der Waals surface area contributed by atoms with Crippen molar-refractivity contribution in [3.63, 3.8) is 0 Å². The number of rotatable bonds is 1. The third-order valence-corrected chi connectivity index (χ3v) is 2.22. The number of hydrogen-bond acceptors (Lipinski definition) is 5. The minimum absolute atomic E-state index is 0. The minimum atomic E-state index is -3.11. The van der Waals surface area contributed by atoms with Crippen molar-refractivity contribution in [2.24, 2.45) is 5.92 Å². The molecule has 1 saturated heterocycles. The van der Waals surface area contributed by atoms with Crippen LogP contribution in [-0.4, -0.2) is 25.8 Å². The number of amides is 1. The van der Waals surface area contributed by atoms with Crippen LogP contribution in [0.3, 0.4) is 0 Å². The second kappa shape index (κ2) is 11.2. The van der Waals surface area contributed by atoms with Gasteiger partial charge in [0, 0.05) is 0 Å². The van der Waals surface area contributed by atoms with Crippen LogP contribution in [0.4, 0.5) is 5.69 Å². The molecule has 2 rings (SSSR count). The van der Waals surface area contributed by atoms with E-state index in [0.29, 0.717) is 0 Å². The van der Waals surface area contributed by atoms with Gasteiger partial charge in [-0.3, -0.25) is 19.4 Å². The summed E-state index contributed by atoms with van der Waals surface area (Å²) < 4.78 is 25.3. The summed E-state index contributed by atoms with van der Waals surface area (Å²) in [6, 6.07) is 9.86. The van der Waals surface area contributed by atoms with Crippen molar-refractivity contribution < 1.29 is 77.2 Å². The zero-order valence-corrected chi connectivity index (χ0v) is 16.0. The van der Waals surface area contributed by atoms with Gasteiger partial charge in [0.05, 0.1) is 18.2 Å². The van der Waals surface area contributed by atoms with Gasteiger partial charge in [-0.25, -0.2) is 0 Å². The van der Waals surface area contributed by atoms with Gasteiger partial charge in [0.25, 0.3) is 0 Å². The van der Waals surface area contributed by atoms with E-state index in [-0.39, 0.29) is 70.9 Å². The molecule has 1 amide bonds. The van der Waals surface area contributed by atoms with Crippen LogP contribution in [0.1, 0.15) is 6.92 Å². The summed E-state index contributed by atoms with van der Waals surface area (Å²) in [4.78, 5) is 11.2. The van der Waals surface area contributed by atoms with Crippen LogP contribution in [0.15, 0.2) is 30.3 Å². The molecule has 1 aliphatic rings. The number of hydrazine groups is 1. The third kappa shape index (κ3) is 8.44. The Bertz CT molecular complexity index is 404. The number of hydrogen-bond donors (Lipinski definition) is 1. The fraction of sp³-hybridized carbons (Fsp3) is 0.300. The van der Waals surface area contributed by atoms with Crippen LogP contribution in [0.2, 0.25) is 0 Å². The van der Waals surface area contributed by atoms with E-state index >= 15 is 0 Å². The molecule has 0 spiro atoms. The molecule has 0 radical (unpaired) electrons. The van der Waals surface area contributed by atoms with Gasteiger partial charge in [-0.05, 0) is 12.1 Å². The van der Waals surface area contributed by atoms with Gasteiger partial charge >= 0.3 is 59.1 Å². The summed E-state index contributed by atoms with van der Waals surface area (Å²) >= 11 is -3.11. The second-order valence-electron chi connectivity index (χ2n) is 3.53. The van der Waals surface area contributed by atoms with Gasteiger partial charge in [-0.1, -0.05) is 25.1 Å². The van der Waals surface area contributed by atoms with Crippen molar-refractivity contribution in [1.29, 1.82) is 0 Å². The van der Waals surface area contributed by atoms with E-state index in [9.17, 15) is 4.79 Å². The maximum atomic E-state index is 11.2. The van der Waals surface area contributed by atoms with Gasteiger partial charge in [0.2, 0.25) is 5.91 Å². The third-order valence-electron chi connectivity index (χ3n) is 2.22. The molecule has 1 fully saturated rings. The maximum Gasteiger partial charge on any atom is 1.00 e. The van der Waals surface area contributed by atoms with E-state index in [1.165, 1.54) is 0 Å². The molecular formula is C10H12N2Na2O4S. The fourth-order valence-corrected chi connectivity index (χ4v) is 1.42. The first-order valence-corrected chi connectivity index (χ1v) is 5.90. The molecule has 1 N–H and O–H groups in total. The van der Waals surface area contributed by atoms with Gasteiger partial charge in [-0.2, -0.15) is 0 Å². The number of carbonyl (C=O) groups is 1. The molecule has 0 bridgehead atoms. The Morgan fingerprint density at radius 1 is 1.26 bits per heavy atom. The molecule has 94 valence electrons. The number of carbonyl (C=O) groups excluding carboxylic acids is 1. The fourth-order valence-electron chi connectivity index (χ4n) is 1.42. The van der Waals surface area contributed by atoms with Crippen LogP contribution in [-0.2, 0) is 16.2 Å². The van der Waals surface area contributed by atoms with Crippen molar-refractivity contribution in [2.75, 3.05) is 11.6 Å². The van der Waals surface area contributed by atoms with Crippen molar-refractivity contribution >= 4 is 23.0 Å². The first kappa shape index (κ1) is 21.9. The predicted molar refractivity (Wildman–Crippen MR) is 60.8 cm³/mol. The average Bonchev–Trinajstić information content (AvgIpc) is 2.60. The molecule has 6 nitrogen and oxygen atoms in total. The van der Waals surface area contributed by atoms with E-state index in [1.54, 1.807) is 0 Å². The van der Waals surface area contributed by atoms with Crippen LogP contribution in [0.5, 0.6) is 0 Å². The van der Waals surface area contributed by atoms with Gasteiger partial charge < -0.3 is 9.11 Å². The van der Waals surface area contributed by atoms with Gasteiger partial charge in [0.15, 0.2) is 0 Å². The predicted octanol–water partition coefficient (Wildman–Crippen LogP) is -5.82. The summed E-state index contributed by atoms with van der Waals surface area (Å²) in [6.07, 6.45) is 0. The standard InChI is InChI=1S/C10H12N2O.2Na.H2O3S/c1-8-7-12(11-10(8)13)9-5-3-2-4-6-9;;;1-4(2)3/h2-6,8H,7H2,1H3,(H,11,13);;;(H2,1,2,3)/q;2*+1;/p-2. The molecule has 19 heavy (non-hydrogen) atoms. The molecule has 1 atom stereocenters. The van der Waals surface area contributed by atoms with Crippen molar-refractivity contribution in [3.8, 4) is 0 Å². The second-order valence-corrected chi connectivity index (χ2v) is 3.94. The summed E-state index contributed by atoms with van der Waals surface area (Å²) in [5.41, 5.74) is 3.86. The van der Waals surface area contributed by atoms with Crippen LogP contribution >= 0.6 is 0 Å². The molecule has 1 aromatic carbocycles. The summed E-state index contributed by atoms with van der Waals surface area (Å²) in [5, 5.41) is 1.88. The smallest absolute Gasteiger partial charge is 0.784 e. The first-order chi connectivity index (χ1) is 8.00. The first-order valence-electron chi connectivity index (χ1n) is 4.90. The zero-order valence-electron chi connectivity index (χ0n) is 11.2. The van der Waals surface area contributed by atoms with Crippen molar-refractivity contribution in [1.82, 2.24) is 5.43 Å². The maximum absolute atomic E-state index is 11.2. The van der Waals surface area contributed by atoms with Crippen molar-refractivity contribution in [3.05, 3.63) is 30.3 Å². The van der Waals surface area contributed by atoms with Gasteiger partial charge in [-0.15, -0.1) is 11.4 Å². The SMILES string of the molecule is CC1CN(c2ccccc2)NC1=O.O=S([O-])[O-].[Na+].[Na+]. The number of nitrogens with one attached hydrogen (secondary N) is 1.